The van der Waals surface area contributed by atoms with Crippen LogP contribution in [0.25, 0.3) is 0 Å². The summed E-state index contributed by atoms with van der Waals surface area (Å²) < 4.78 is 23.0. The molecule has 0 spiro atoms. The van der Waals surface area contributed by atoms with Gasteiger partial charge in [-0.25, -0.2) is 18.5 Å². The Morgan fingerprint density at radius 1 is 1.03 bits per heavy atom. The average Bonchev–Trinajstić information content (AvgIpc) is 2.65. The predicted octanol–water partition coefficient (Wildman–Crippen LogP) is 3.55. The zero-order valence-corrected chi connectivity index (χ0v) is 21.3. The van der Waals surface area contributed by atoms with E-state index >= 15 is 0 Å². The van der Waals surface area contributed by atoms with Crippen molar-refractivity contribution in [2.75, 3.05) is 13.1 Å². The number of guanidine groups is 1. The summed E-state index contributed by atoms with van der Waals surface area (Å²) in [5.74, 6) is 0.694. The molecule has 6 nitrogen and oxygen atoms in total. The highest BCUT2D eigenvalue weighted by Gasteiger charge is 2.12. The molecule has 0 amide bonds. The van der Waals surface area contributed by atoms with Gasteiger partial charge in [0.15, 0.2) is 5.96 Å². The van der Waals surface area contributed by atoms with E-state index in [4.69, 9.17) is 5.14 Å². The fraction of sp³-hybridized carbons (Fsp3) is 0.409. The van der Waals surface area contributed by atoms with Crippen LogP contribution in [0.2, 0.25) is 0 Å². The second-order valence-electron chi connectivity index (χ2n) is 8.01. The van der Waals surface area contributed by atoms with Crippen LogP contribution in [-0.4, -0.2) is 27.5 Å². The van der Waals surface area contributed by atoms with Crippen molar-refractivity contribution in [3.8, 4) is 0 Å². The molecule has 0 saturated heterocycles. The zero-order chi connectivity index (χ0) is 21.5. The van der Waals surface area contributed by atoms with E-state index in [1.807, 2.05) is 13.0 Å². The molecule has 0 radical (unpaired) electrons. The number of nitrogens with two attached hydrogens (primary N) is 1. The molecule has 0 fully saturated rings. The Morgan fingerprint density at radius 2 is 1.70 bits per heavy atom. The Bertz CT molecular complexity index is 936. The van der Waals surface area contributed by atoms with Crippen molar-refractivity contribution in [1.29, 1.82) is 0 Å². The first kappa shape index (κ1) is 26.4. The Balaban J connectivity index is 0.00000450. The van der Waals surface area contributed by atoms with Gasteiger partial charge in [-0.05, 0) is 47.6 Å². The van der Waals surface area contributed by atoms with E-state index in [1.165, 1.54) is 17.2 Å². The third-order valence-electron chi connectivity index (χ3n) is 4.52. The van der Waals surface area contributed by atoms with Crippen molar-refractivity contribution in [2.45, 2.75) is 51.0 Å². The molecule has 0 atom stereocenters. The first-order chi connectivity index (χ1) is 13.6. The molecule has 2 rings (SSSR count). The topological polar surface area (TPSA) is 96.6 Å². The molecule has 166 valence electrons. The van der Waals surface area contributed by atoms with Crippen molar-refractivity contribution in [3.05, 3.63) is 65.2 Å². The van der Waals surface area contributed by atoms with Crippen LogP contribution in [0.1, 0.15) is 44.4 Å². The van der Waals surface area contributed by atoms with Crippen LogP contribution in [0, 0.1) is 0 Å². The predicted molar refractivity (Wildman–Crippen MR) is 135 cm³/mol. The maximum atomic E-state index is 11.5. The van der Waals surface area contributed by atoms with Gasteiger partial charge in [0.05, 0.1) is 11.4 Å². The molecule has 30 heavy (non-hydrogen) atoms. The lowest BCUT2D eigenvalue weighted by Crippen LogP contribution is -2.38. The smallest absolute Gasteiger partial charge is 0.238 e. The van der Waals surface area contributed by atoms with E-state index < -0.39 is 10.0 Å². The van der Waals surface area contributed by atoms with Gasteiger partial charge in [-0.1, -0.05) is 57.2 Å². The minimum absolute atomic E-state index is 0. The number of primary sulfonamides is 1. The maximum absolute atomic E-state index is 11.5. The molecule has 0 unspecified atom stereocenters. The lowest BCUT2D eigenvalue weighted by atomic mass is 9.86. The highest BCUT2D eigenvalue weighted by molar-refractivity contribution is 14.0. The maximum Gasteiger partial charge on any atom is 0.238 e. The number of halogens is 1. The molecule has 2 aromatic carbocycles. The summed E-state index contributed by atoms with van der Waals surface area (Å²) in [5.41, 5.74) is 3.53. The Hall–Kier alpha value is -1.65. The third-order valence-corrected chi connectivity index (χ3v) is 5.43. The van der Waals surface area contributed by atoms with E-state index in [0.29, 0.717) is 12.5 Å². The van der Waals surface area contributed by atoms with Crippen LogP contribution >= 0.6 is 24.0 Å². The van der Waals surface area contributed by atoms with Crippen molar-refractivity contribution < 1.29 is 8.42 Å². The second-order valence-corrected chi connectivity index (χ2v) is 9.57. The van der Waals surface area contributed by atoms with Crippen molar-refractivity contribution in [2.24, 2.45) is 10.1 Å². The second kappa shape index (κ2) is 11.7. The van der Waals surface area contributed by atoms with Crippen LogP contribution in [0.15, 0.2) is 58.4 Å². The molecule has 2 aromatic rings. The van der Waals surface area contributed by atoms with Crippen LogP contribution < -0.4 is 15.8 Å². The van der Waals surface area contributed by atoms with Gasteiger partial charge in [-0.2, -0.15) is 0 Å². The number of hydrogen-bond acceptors (Lipinski definition) is 3. The van der Waals surface area contributed by atoms with E-state index in [9.17, 15) is 8.42 Å². The zero-order valence-electron chi connectivity index (χ0n) is 18.1. The molecule has 0 aromatic heterocycles. The van der Waals surface area contributed by atoms with Gasteiger partial charge in [-0.3, -0.25) is 0 Å². The molecule has 0 bridgehead atoms. The Morgan fingerprint density at radius 3 is 2.27 bits per heavy atom. The molecule has 0 aliphatic carbocycles. The lowest BCUT2D eigenvalue weighted by Gasteiger charge is -2.19. The molecule has 0 saturated carbocycles. The lowest BCUT2D eigenvalue weighted by molar-refractivity contribution is 0.590. The first-order valence-corrected chi connectivity index (χ1v) is 11.4. The minimum Gasteiger partial charge on any atom is -0.357 e. The van der Waals surface area contributed by atoms with E-state index in [0.717, 1.165) is 25.1 Å². The van der Waals surface area contributed by atoms with Crippen molar-refractivity contribution in [3.63, 3.8) is 0 Å². The summed E-state index contributed by atoms with van der Waals surface area (Å²) in [4.78, 5) is 4.64. The minimum atomic E-state index is -3.71. The molecular weight excluding hydrogens is 511 g/mol. The van der Waals surface area contributed by atoms with Crippen LogP contribution in [0.3, 0.4) is 0 Å². The quantitative estimate of drug-likeness (QED) is 0.282. The number of rotatable bonds is 7. The van der Waals surface area contributed by atoms with Gasteiger partial charge < -0.3 is 10.6 Å². The molecule has 0 aliphatic rings. The van der Waals surface area contributed by atoms with Gasteiger partial charge in [0, 0.05) is 13.1 Å². The molecule has 4 N–H and O–H groups in total. The monoisotopic (exact) mass is 544 g/mol. The van der Waals surface area contributed by atoms with Crippen molar-refractivity contribution >= 4 is 40.0 Å². The number of aliphatic imine (C=N–C) groups is 1. The van der Waals surface area contributed by atoms with E-state index in [-0.39, 0.29) is 34.3 Å². The van der Waals surface area contributed by atoms with E-state index in [1.54, 1.807) is 12.1 Å². The fourth-order valence-corrected chi connectivity index (χ4v) is 3.41. The van der Waals surface area contributed by atoms with Gasteiger partial charge in [0.2, 0.25) is 10.0 Å². The first-order valence-electron chi connectivity index (χ1n) is 9.83. The fourth-order valence-electron chi connectivity index (χ4n) is 2.83. The van der Waals surface area contributed by atoms with Gasteiger partial charge in [0.25, 0.3) is 0 Å². The molecule has 0 heterocycles. The summed E-state index contributed by atoms with van der Waals surface area (Å²) in [6.07, 6.45) is 0.885. The largest absolute Gasteiger partial charge is 0.357 e. The number of sulfonamides is 1. The van der Waals surface area contributed by atoms with Crippen LogP contribution in [-0.2, 0) is 28.4 Å². The van der Waals surface area contributed by atoms with Crippen LogP contribution in [0.5, 0.6) is 0 Å². The van der Waals surface area contributed by atoms with Crippen molar-refractivity contribution in [1.82, 2.24) is 10.6 Å². The highest BCUT2D eigenvalue weighted by Crippen LogP contribution is 2.22. The number of nitrogens with one attached hydrogen (secondary N) is 2. The third kappa shape index (κ3) is 8.61. The van der Waals surface area contributed by atoms with Gasteiger partial charge >= 0.3 is 0 Å². The number of nitrogens with zero attached hydrogens (tertiary/aromatic N) is 1. The van der Waals surface area contributed by atoms with Crippen LogP contribution in [0.4, 0.5) is 0 Å². The normalized spacial score (nSPS) is 12.2. The SMILES string of the molecule is CCNC(=NCc1cccc(S(N)(=O)=O)c1)NCCc1ccc(C(C)(C)C)cc1.I. The summed E-state index contributed by atoms with van der Waals surface area (Å²) >= 11 is 0. The molecular formula is C22H33IN4O2S. The Kier molecular flexibility index (Phi) is 10.3. The molecule has 8 heteroatoms. The summed E-state index contributed by atoms with van der Waals surface area (Å²) in [6, 6.07) is 15.3. The Labute approximate surface area is 197 Å². The summed E-state index contributed by atoms with van der Waals surface area (Å²) in [6.45, 7) is 10.5. The number of benzene rings is 2. The highest BCUT2D eigenvalue weighted by atomic mass is 127. The average molecular weight is 545 g/mol. The summed E-state index contributed by atoms with van der Waals surface area (Å²) in [7, 11) is -3.71. The van der Waals surface area contributed by atoms with Gasteiger partial charge in [-0.15, -0.1) is 24.0 Å². The number of hydrogen-bond donors (Lipinski definition) is 3. The standard InChI is InChI=1S/C22H32N4O2S.HI/c1-5-24-21(26-16-18-7-6-8-20(15-18)29(23,27)28)25-14-13-17-9-11-19(12-10-17)22(2,3)4;/h6-12,15H,5,13-14,16H2,1-4H3,(H2,23,27,28)(H2,24,25,26);1H. The molecule has 0 aliphatic heterocycles. The summed E-state index contributed by atoms with van der Waals surface area (Å²) in [5, 5.41) is 11.7. The van der Waals surface area contributed by atoms with E-state index in [2.05, 4.69) is 60.7 Å². The van der Waals surface area contributed by atoms with Gasteiger partial charge in [0.1, 0.15) is 0 Å².